The molecule has 18 N–H and O–H groups in total. The van der Waals surface area contributed by atoms with E-state index in [1.165, 1.54) is 6.07 Å². The first-order valence-corrected chi connectivity index (χ1v) is 36.8. The van der Waals surface area contributed by atoms with Crippen LogP contribution < -0.4 is 55.3 Å². The number of aromatic nitrogens is 15. The van der Waals surface area contributed by atoms with Gasteiger partial charge in [0.05, 0.1) is 70.2 Å². The number of anilines is 10. The second-order valence-corrected chi connectivity index (χ2v) is 28.6. The number of carbonyl (C=O) groups is 2. The van der Waals surface area contributed by atoms with Crippen LogP contribution in [0.15, 0.2) is 79.5 Å². The van der Waals surface area contributed by atoms with E-state index in [1.807, 2.05) is 58.0 Å². The Morgan fingerprint density at radius 1 is 0.383 bits per heavy atom. The molecule has 0 aromatic carbocycles. The van der Waals surface area contributed by atoms with Gasteiger partial charge in [-0.3, -0.25) is 19.9 Å². The van der Waals surface area contributed by atoms with Crippen LogP contribution in [0.4, 0.5) is 63.2 Å². The topological polar surface area (TPSA) is 478 Å². The molecule has 0 saturated heterocycles. The van der Waals surface area contributed by atoms with Gasteiger partial charge in [-0.15, -0.1) is 0 Å². The predicted octanol–water partition coefficient (Wildman–Crippen LogP) is 12.6. The van der Waals surface area contributed by atoms with Crippen molar-refractivity contribution in [1.82, 2.24) is 74.8 Å². The maximum atomic E-state index is 13.2. The van der Waals surface area contributed by atoms with Crippen molar-refractivity contribution in [1.29, 1.82) is 0 Å². The lowest BCUT2D eigenvalue weighted by Crippen LogP contribution is -2.39. The zero-order valence-electron chi connectivity index (χ0n) is 64.5. The molecule has 10 rings (SSSR count). The number of nitrogens with one attached hydrogen (secondary N) is 5. The maximum absolute atomic E-state index is 13.2. The fraction of sp³-hybridized carbons (Fsp3) is 0.513. The van der Waals surface area contributed by atoms with Crippen LogP contribution in [0.3, 0.4) is 0 Å². The lowest BCUT2D eigenvalue weighted by Gasteiger charge is -2.31. The van der Waals surface area contributed by atoms with Gasteiger partial charge in [0.1, 0.15) is 45.0 Å². The summed E-state index contributed by atoms with van der Waals surface area (Å²) >= 11 is 0. The Morgan fingerprint density at radius 2 is 0.692 bits per heavy atom. The lowest BCUT2D eigenvalue weighted by molar-refractivity contribution is -0.118. The van der Waals surface area contributed by atoms with Crippen molar-refractivity contribution in [3.63, 3.8) is 0 Å². The average Bonchev–Trinajstić information content (AvgIpc) is 0.856. The van der Waals surface area contributed by atoms with Gasteiger partial charge in [-0.2, -0.15) is 24.9 Å². The second kappa shape index (κ2) is 40.4. The lowest BCUT2D eigenvalue weighted by atomic mass is 9.89. The Kier molecular flexibility index (Phi) is 32.3. The molecular weight excluding hydrogens is 1360 g/mol. The van der Waals surface area contributed by atoms with Gasteiger partial charge in [-0.25, -0.2) is 34.3 Å². The standard InChI is InChI=1S/C18H27N5O.C17H25N5O.C14H20FN5O.C14H21N5O.C13H19N5O/c1-5-6-9-18(4,10-7-13(3)24)23-16-15-14(21-17(19)22-16)12(2)8-11-20-15;1-4-5-9-17(3,10-8-12(2)23)22-15-14-13(7-6-11-19-14)20-16(18)21-15;1-3-4-5-14(2,8-21)20-12-11-10(18-13(16)19-12)6-9(15)7-17-11;1-3-4-7-14(2,9-20)19-12-11-10(6-5-8-16-11)17-13(15)18-12;1-3-6-13(2,8-19)18-11-10-9(5-4-7-15-10)16-12(14)17-11/h8,11H,5-7,9-10H2,1-4H3,(H3,19,21,22,23);6-7,11H,4-5,8-10H2,1-3H3,(H3,18,20,21,22);6-7,21H,3-5,8H2,1-2H3,(H3,16,18,19,20);5-6,8,20H,3-4,7,9H2,1-2H3,(H3,15,17,18,19);4-5,7,19H,3,6,8H2,1-2H3,(H3,14,16,17,18)/t18-;17-;2*14-;13-/m00001/s1. The van der Waals surface area contributed by atoms with Gasteiger partial charge in [0.15, 0.2) is 29.1 Å². The van der Waals surface area contributed by atoms with Crippen LogP contribution in [0.25, 0.3) is 55.2 Å². The van der Waals surface area contributed by atoms with Crippen LogP contribution in [0, 0.1) is 12.7 Å². The van der Waals surface area contributed by atoms with E-state index in [9.17, 15) is 29.3 Å². The largest absolute Gasteiger partial charge is 0.394 e. The van der Waals surface area contributed by atoms with Crippen LogP contribution >= 0.6 is 0 Å². The zero-order valence-corrected chi connectivity index (χ0v) is 64.5. The van der Waals surface area contributed by atoms with Crippen LogP contribution in [0.1, 0.15) is 204 Å². The number of aliphatic hydroxyl groups excluding tert-OH is 3. The van der Waals surface area contributed by atoms with Crippen molar-refractivity contribution in [3.8, 4) is 0 Å². The number of unbranched alkanes of at least 4 members (excludes halogenated alkanes) is 4. The molecule has 0 aliphatic rings. The molecule has 30 nitrogen and oxygen atoms in total. The molecule has 0 unspecified atom stereocenters. The van der Waals surface area contributed by atoms with E-state index < -0.39 is 22.4 Å². The van der Waals surface area contributed by atoms with E-state index in [-0.39, 0.29) is 72.2 Å². The molecule has 0 fully saturated rings. The van der Waals surface area contributed by atoms with Crippen molar-refractivity contribution in [3.05, 3.63) is 90.9 Å². The normalized spacial score (nSPS) is 14.0. The third-order valence-electron chi connectivity index (χ3n) is 18.1. The second-order valence-electron chi connectivity index (χ2n) is 28.6. The van der Waals surface area contributed by atoms with Gasteiger partial charge in [-0.1, -0.05) is 92.4 Å². The molecule has 107 heavy (non-hydrogen) atoms. The Balaban J connectivity index is 0.000000210. The summed E-state index contributed by atoms with van der Waals surface area (Å²) in [5, 5.41) is 45.6. The van der Waals surface area contributed by atoms with E-state index >= 15 is 0 Å². The first-order valence-electron chi connectivity index (χ1n) is 36.8. The number of nitrogens with two attached hydrogens (primary N) is 5. The van der Waals surface area contributed by atoms with Crippen molar-refractivity contribution < 1.29 is 29.3 Å². The van der Waals surface area contributed by atoms with Gasteiger partial charge in [0.25, 0.3) is 0 Å². The quantitative estimate of drug-likeness (QED) is 0.0182. The van der Waals surface area contributed by atoms with Gasteiger partial charge in [0, 0.05) is 54.8 Å². The summed E-state index contributed by atoms with van der Waals surface area (Å²) in [7, 11) is 0. The molecule has 5 atom stereocenters. The first kappa shape index (κ1) is 85.5. The summed E-state index contributed by atoms with van der Waals surface area (Å²) in [5.74, 6) is 3.60. The molecule has 578 valence electrons. The van der Waals surface area contributed by atoms with E-state index in [4.69, 9.17) is 28.7 Å². The van der Waals surface area contributed by atoms with Gasteiger partial charge >= 0.3 is 0 Å². The fourth-order valence-electron chi connectivity index (χ4n) is 11.8. The first-order chi connectivity index (χ1) is 50.9. The zero-order chi connectivity index (χ0) is 78.5. The SMILES string of the molecule is CCCC[C@@](C)(CCC(C)=O)Nc1nc(N)nc2c(C)ccnc12.CCCC[C@@](C)(CCC(C)=O)Nc1nc(N)nc2cccnc12.CCCC[C@@](C)(CO)Nc1nc(N)nc2cc(F)cnc12.CCCC[C@@](C)(CO)Nc1nc(N)nc2cccnc12.CCC[C@](C)(CO)Nc1nc(N)nc2cccnc12. The summed E-state index contributed by atoms with van der Waals surface area (Å²) in [6.45, 7) is 25.9. The van der Waals surface area contributed by atoms with E-state index in [0.29, 0.717) is 86.1 Å². The smallest absolute Gasteiger partial charge is 0.222 e. The number of Topliss-reactive ketones (excluding diaryl/α,β-unsaturated/α-hetero) is 2. The Morgan fingerprint density at radius 3 is 1.04 bits per heavy atom. The number of pyridine rings is 5. The molecule has 0 aliphatic heterocycles. The van der Waals surface area contributed by atoms with Gasteiger partial charge in [0.2, 0.25) is 29.7 Å². The number of rotatable bonds is 33. The predicted molar refractivity (Wildman–Crippen MR) is 428 cm³/mol. The van der Waals surface area contributed by atoms with Crippen LogP contribution in [0.2, 0.25) is 0 Å². The Bertz CT molecular complexity index is 4520. The van der Waals surface area contributed by atoms with Gasteiger partial charge < -0.3 is 80.2 Å². The summed E-state index contributed by atoms with van der Waals surface area (Å²) in [6, 6.07) is 14.1. The minimum absolute atomic E-state index is 0.0130. The van der Waals surface area contributed by atoms with Crippen molar-refractivity contribution >= 4 is 126 Å². The number of aliphatic hydroxyl groups is 3. The number of aryl methyl sites for hydroxylation is 1. The highest BCUT2D eigenvalue weighted by molar-refractivity contribution is 5.90. The highest BCUT2D eigenvalue weighted by atomic mass is 19.1. The van der Waals surface area contributed by atoms with E-state index in [1.54, 1.807) is 50.8 Å². The van der Waals surface area contributed by atoms with Crippen LogP contribution in [0.5, 0.6) is 0 Å². The number of ketones is 2. The number of hydrogen-bond acceptors (Lipinski definition) is 30. The maximum Gasteiger partial charge on any atom is 0.222 e. The van der Waals surface area contributed by atoms with Crippen LogP contribution in [-0.2, 0) is 9.59 Å². The minimum atomic E-state index is -0.542. The number of nitrogen functional groups attached to an aromatic ring is 5. The Labute approximate surface area is 626 Å². The molecule has 10 aromatic heterocycles. The summed E-state index contributed by atoms with van der Waals surface area (Å²) in [6.07, 6.45) is 24.3. The minimum Gasteiger partial charge on any atom is -0.394 e. The molecule has 0 aliphatic carbocycles. The molecule has 0 spiro atoms. The molecule has 0 bridgehead atoms. The van der Waals surface area contributed by atoms with Crippen molar-refractivity contribution in [2.45, 2.75) is 233 Å². The molecule has 10 heterocycles. The molecule has 0 saturated carbocycles. The van der Waals surface area contributed by atoms with Gasteiger partial charge in [-0.05, 0) is 148 Å². The monoisotopic (exact) mass is 1470 g/mol. The number of fused-ring (bicyclic) bond motifs is 5. The molecule has 31 heteroatoms. The third kappa shape index (κ3) is 26.0. The molecule has 10 aromatic rings. The number of carbonyl (C=O) groups excluding carboxylic acids is 2. The fourth-order valence-corrected chi connectivity index (χ4v) is 11.8. The van der Waals surface area contributed by atoms with Crippen LogP contribution in [-0.4, -0.2) is 149 Å². The number of halogens is 1. The number of nitrogens with zero attached hydrogens (tertiary/aromatic N) is 15. The highest BCUT2D eigenvalue weighted by Crippen LogP contribution is 2.33. The summed E-state index contributed by atoms with van der Waals surface area (Å²) < 4.78 is 13.2. The molecular formula is C76H112FN25O5. The summed E-state index contributed by atoms with van der Waals surface area (Å²) in [4.78, 5) is 86.3. The van der Waals surface area contributed by atoms with E-state index in [2.05, 4.69) is 150 Å². The van der Waals surface area contributed by atoms with E-state index in [0.717, 1.165) is 126 Å². The van der Waals surface area contributed by atoms with Crippen molar-refractivity contribution in [2.24, 2.45) is 0 Å². The highest BCUT2D eigenvalue weighted by Gasteiger charge is 2.30. The third-order valence-corrected chi connectivity index (χ3v) is 18.1. The van der Waals surface area contributed by atoms with Crippen molar-refractivity contribution in [2.75, 3.05) is 75.1 Å². The average molecular weight is 1470 g/mol. The summed E-state index contributed by atoms with van der Waals surface area (Å²) in [5.41, 5.74) is 34.3. The molecule has 0 radical (unpaired) electrons. The number of hydrogen-bond donors (Lipinski definition) is 13. The Hall–Kier alpha value is -10.4. The molecule has 0 amide bonds.